The van der Waals surface area contributed by atoms with Gasteiger partial charge in [-0.05, 0) is 43.0 Å². The molecule has 0 amide bonds. The second-order valence-electron chi connectivity index (χ2n) is 5.18. The van der Waals surface area contributed by atoms with Crippen LogP contribution in [0, 0.1) is 19.8 Å². The van der Waals surface area contributed by atoms with Crippen molar-refractivity contribution in [2.75, 3.05) is 0 Å². The van der Waals surface area contributed by atoms with Gasteiger partial charge in [-0.15, -0.1) is 0 Å². The number of nitrogens with zero attached hydrogens (tertiary/aromatic N) is 2. The average molecular weight is 261 g/mol. The molecule has 102 valence electrons. The highest BCUT2D eigenvalue weighted by Crippen LogP contribution is 2.28. The summed E-state index contributed by atoms with van der Waals surface area (Å²) in [5, 5.41) is 13.7. The molecule has 1 aromatic carbocycles. The molecule has 0 aliphatic heterocycles. The molecule has 3 N–H and O–H groups in total. The van der Waals surface area contributed by atoms with Crippen LogP contribution in [0.1, 0.15) is 36.9 Å². The number of phenols is 1. The van der Waals surface area contributed by atoms with Gasteiger partial charge in [0, 0.05) is 5.56 Å². The molecular weight excluding hydrogens is 242 g/mol. The summed E-state index contributed by atoms with van der Waals surface area (Å²) in [5.74, 6) is 1.47. The third-order valence-corrected chi connectivity index (χ3v) is 3.19. The predicted octanol–water partition coefficient (Wildman–Crippen LogP) is 2.71. The molecule has 0 fully saturated rings. The second kappa shape index (κ2) is 5.01. The minimum atomic E-state index is -0.263. The number of hydrogen-bond donors (Lipinski definition) is 2. The van der Waals surface area contributed by atoms with E-state index in [0.717, 1.165) is 16.7 Å². The number of hydrogen-bond acceptors (Lipinski definition) is 5. The Bertz CT molecular complexity index is 567. The van der Waals surface area contributed by atoms with Crippen molar-refractivity contribution >= 4 is 0 Å². The number of nitrogens with two attached hydrogens (primary N) is 1. The number of aromatic hydroxyl groups is 1. The maximum Gasteiger partial charge on any atom is 0.244 e. The normalized spacial score (nSPS) is 12.9. The van der Waals surface area contributed by atoms with Crippen molar-refractivity contribution in [3.8, 4) is 17.1 Å². The molecule has 2 aromatic rings. The zero-order chi connectivity index (χ0) is 14.2. The first-order valence-electron chi connectivity index (χ1n) is 6.30. The van der Waals surface area contributed by atoms with Crippen molar-refractivity contribution in [1.29, 1.82) is 0 Å². The zero-order valence-electron chi connectivity index (χ0n) is 11.6. The van der Waals surface area contributed by atoms with Crippen LogP contribution < -0.4 is 5.73 Å². The van der Waals surface area contributed by atoms with Crippen molar-refractivity contribution in [2.24, 2.45) is 11.7 Å². The molecular formula is C14H19N3O2. The Morgan fingerprint density at radius 3 is 2.32 bits per heavy atom. The van der Waals surface area contributed by atoms with Crippen LogP contribution in [0.2, 0.25) is 0 Å². The summed E-state index contributed by atoms with van der Waals surface area (Å²) >= 11 is 0. The Morgan fingerprint density at radius 1 is 1.21 bits per heavy atom. The lowest BCUT2D eigenvalue weighted by Gasteiger charge is -2.09. The van der Waals surface area contributed by atoms with E-state index < -0.39 is 0 Å². The first-order chi connectivity index (χ1) is 8.90. The third kappa shape index (κ3) is 2.61. The topological polar surface area (TPSA) is 85.2 Å². The molecule has 0 bridgehead atoms. The molecule has 1 aromatic heterocycles. The predicted molar refractivity (Wildman–Crippen MR) is 72.6 cm³/mol. The van der Waals surface area contributed by atoms with Crippen LogP contribution in [-0.2, 0) is 0 Å². The molecule has 0 saturated carbocycles. The molecule has 1 heterocycles. The fourth-order valence-corrected chi connectivity index (χ4v) is 1.86. The van der Waals surface area contributed by atoms with Crippen molar-refractivity contribution in [2.45, 2.75) is 33.7 Å². The van der Waals surface area contributed by atoms with Gasteiger partial charge < -0.3 is 15.4 Å². The summed E-state index contributed by atoms with van der Waals surface area (Å²) < 4.78 is 5.20. The zero-order valence-corrected chi connectivity index (χ0v) is 11.6. The first-order valence-corrected chi connectivity index (χ1v) is 6.30. The minimum absolute atomic E-state index is 0.233. The molecule has 0 aliphatic carbocycles. The monoisotopic (exact) mass is 261 g/mol. The van der Waals surface area contributed by atoms with Crippen molar-refractivity contribution < 1.29 is 9.63 Å². The number of benzene rings is 1. The lowest BCUT2D eigenvalue weighted by Crippen LogP contribution is -2.16. The Hall–Kier alpha value is -1.88. The van der Waals surface area contributed by atoms with Gasteiger partial charge in [-0.3, -0.25) is 0 Å². The van der Waals surface area contributed by atoms with Crippen LogP contribution in [0.15, 0.2) is 16.7 Å². The van der Waals surface area contributed by atoms with Crippen molar-refractivity contribution in [1.82, 2.24) is 10.1 Å². The fraction of sp³-hybridized carbons (Fsp3) is 0.429. The quantitative estimate of drug-likeness (QED) is 0.887. The summed E-state index contributed by atoms with van der Waals surface area (Å²) in [6.45, 7) is 7.69. The van der Waals surface area contributed by atoms with E-state index in [4.69, 9.17) is 10.3 Å². The van der Waals surface area contributed by atoms with Gasteiger partial charge in [0.1, 0.15) is 5.75 Å². The molecule has 5 heteroatoms. The molecule has 0 unspecified atom stereocenters. The third-order valence-electron chi connectivity index (χ3n) is 3.19. The van der Waals surface area contributed by atoms with Crippen LogP contribution in [-0.4, -0.2) is 15.2 Å². The summed E-state index contributed by atoms with van der Waals surface area (Å²) in [4.78, 5) is 4.33. The highest BCUT2D eigenvalue weighted by atomic mass is 16.5. The molecule has 1 atom stereocenters. The van der Waals surface area contributed by atoms with E-state index >= 15 is 0 Å². The summed E-state index contributed by atoms with van der Waals surface area (Å²) in [5.41, 5.74) is 8.37. The van der Waals surface area contributed by atoms with Crippen molar-refractivity contribution in [3.05, 3.63) is 29.2 Å². The molecule has 0 radical (unpaired) electrons. The lowest BCUT2D eigenvalue weighted by atomic mass is 10.0. The van der Waals surface area contributed by atoms with Gasteiger partial charge >= 0.3 is 0 Å². The fourth-order valence-electron chi connectivity index (χ4n) is 1.86. The van der Waals surface area contributed by atoms with E-state index in [1.807, 2.05) is 39.8 Å². The van der Waals surface area contributed by atoms with Gasteiger partial charge in [-0.2, -0.15) is 4.98 Å². The maximum absolute atomic E-state index is 9.76. The minimum Gasteiger partial charge on any atom is -0.507 e. The van der Waals surface area contributed by atoms with Crippen LogP contribution in [0.5, 0.6) is 5.75 Å². The Kier molecular flexibility index (Phi) is 3.57. The van der Waals surface area contributed by atoms with Crippen LogP contribution in [0.25, 0.3) is 11.4 Å². The Balaban J connectivity index is 2.38. The van der Waals surface area contributed by atoms with Crippen LogP contribution in [0.4, 0.5) is 0 Å². The van der Waals surface area contributed by atoms with Gasteiger partial charge in [0.2, 0.25) is 11.7 Å². The highest BCUT2D eigenvalue weighted by molar-refractivity contribution is 5.60. The van der Waals surface area contributed by atoms with Gasteiger partial charge in [0.05, 0.1) is 6.04 Å². The van der Waals surface area contributed by atoms with E-state index in [1.54, 1.807) is 0 Å². The number of phenolic OH excluding ortho intramolecular Hbond substituents is 1. The largest absolute Gasteiger partial charge is 0.507 e. The van der Waals surface area contributed by atoms with Crippen LogP contribution >= 0.6 is 0 Å². The van der Waals surface area contributed by atoms with Crippen molar-refractivity contribution in [3.63, 3.8) is 0 Å². The summed E-state index contributed by atoms with van der Waals surface area (Å²) in [7, 11) is 0. The molecule has 5 nitrogen and oxygen atoms in total. The summed E-state index contributed by atoms with van der Waals surface area (Å²) in [6.07, 6.45) is 0. The number of aromatic nitrogens is 2. The SMILES string of the molecule is Cc1cc(-c2noc([C@@H](N)C(C)C)n2)cc(C)c1O. The van der Waals surface area contributed by atoms with E-state index in [0.29, 0.717) is 17.5 Å². The molecule has 0 spiro atoms. The second-order valence-corrected chi connectivity index (χ2v) is 5.18. The van der Waals surface area contributed by atoms with E-state index in [9.17, 15) is 5.11 Å². The Labute approximate surface area is 112 Å². The summed E-state index contributed by atoms with van der Waals surface area (Å²) in [6, 6.07) is 3.40. The first kappa shape index (κ1) is 13.5. The molecule has 0 saturated heterocycles. The van der Waals surface area contributed by atoms with Gasteiger partial charge in [0.15, 0.2) is 0 Å². The standard InChI is InChI=1S/C14H19N3O2/c1-7(2)11(15)14-16-13(17-19-14)10-5-8(3)12(18)9(4)6-10/h5-7,11,18H,15H2,1-4H3/t11-/m0/s1. The van der Waals surface area contributed by atoms with Gasteiger partial charge in [0.25, 0.3) is 0 Å². The number of aryl methyl sites for hydroxylation is 2. The molecule has 19 heavy (non-hydrogen) atoms. The number of rotatable bonds is 3. The molecule has 0 aliphatic rings. The van der Waals surface area contributed by atoms with E-state index in [1.165, 1.54) is 0 Å². The lowest BCUT2D eigenvalue weighted by molar-refractivity contribution is 0.325. The van der Waals surface area contributed by atoms with Gasteiger partial charge in [-0.25, -0.2) is 0 Å². The van der Waals surface area contributed by atoms with Crippen LogP contribution in [0.3, 0.4) is 0 Å². The van der Waals surface area contributed by atoms with E-state index in [-0.39, 0.29) is 12.0 Å². The Morgan fingerprint density at radius 2 is 1.79 bits per heavy atom. The van der Waals surface area contributed by atoms with E-state index in [2.05, 4.69) is 10.1 Å². The van der Waals surface area contributed by atoms with Gasteiger partial charge in [-0.1, -0.05) is 19.0 Å². The molecule has 2 rings (SSSR count). The average Bonchev–Trinajstić information content (AvgIpc) is 2.83. The smallest absolute Gasteiger partial charge is 0.244 e. The highest BCUT2D eigenvalue weighted by Gasteiger charge is 2.19. The maximum atomic E-state index is 9.76.